The lowest BCUT2D eigenvalue weighted by molar-refractivity contribution is -0.142. The van der Waals surface area contributed by atoms with E-state index in [0.29, 0.717) is 54.8 Å². The molecule has 1 saturated heterocycles. The maximum atomic E-state index is 14.7. The molecule has 3 fully saturated rings. The first-order chi connectivity index (χ1) is 28.5. The van der Waals surface area contributed by atoms with E-state index in [9.17, 15) is 27.6 Å². The lowest BCUT2D eigenvalue weighted by atomic mass is 10.0. The van der Waals surface area contributed by atoms with E-state index in [4.69, 9.17) is 14.5 Å². The van der Waals surface area contributed by atoms with Crippen LogP contribution in [0.1, 0.15) is 95.5 Å². The Labute approximate surface area is 345 Å². The molecule has 2 aliphatic carbocycles. The molecule has 0 spiro atoms. The van der Waals surface area contributed by atoms with Gasteiger partial charge in [-0.1, -0.05) is 73.9 Å². The van der Waals surface area contributed by atoms with E-state index in [1.54, 1.807) is 7.11 Å². The monoisotopic (exact) mass is 823 g/mol. The Morgan fingerprint density at radius 1 is 0.966 bits per heavy atom. The Bertz CT molecular complexity index is 2280. The quantitative estimate of drug-likeness (QED) is 0.272. The number of amides is 4. The Kier molecular flexibility index (Phi) is 11.8. The van der Waals surface area contributed by atoms with Gasteiger partial charge in [0.1, 0.15) is 35.2 Å². The third-order valence-corrected chi connectivity index (χ3v) is 14.1. The molecular weight excluding hydrogens is 771 g/mol. The molecule has 13 nitrogen and oxygen atoms in total. The van der Waals surface area contributed by atoms with Gasteiger partial charge in [-0.15, -0.1) is 0 Å². The van der Waals surface area contributed by atoms with Crippen molar-refractivity contribution in [2.75, 3.05) is 13.7 Å². The number of benzene rings is 2. The molecule has 3 N–H and O–H groups in total. The van der Waals surface area contributed by atoms with Gasteiger partial charge in [0.05, 0.1) is 30.1 Å². The van der Waals surface area contributed by atoms with E-state index in [0.717, 1.165) is 55.0 Å². The number of aromatic nitrogens is 1. The smallest absolute Gasteiger partial charge is 0.259 e. The summed E-state index contributed by atoms with van der Waals surface area (Å²) < 4.78 is 40.8. The summed E-state index contributed by atoms with van der Waals surface area (Å²) in [6, 6.07) is 13.5. The maximum Gasteiger partial charge on any atom is 0.259 e. The lowest BCUT2D eigenvalue weighted by Crippen LogP contribution is -2.58. The number of ether oxygens (including phenoxy) is 2. The molecule has 59 heavy (non-hydrogen) atoms. The third kappa shape index (κ3) is 9.02. The fourth-order valence-electron chi connectivity index (χ4n) is 8.63. The lowest BCUT2D eigenvalue weighted by Gasteiger charge is -2.30. The highest BCUT2D eigenvalue weighted by Gasteiger charge is 2.62. The summed E-state index contributed by atoms with van der Waals surface area (Å²) in [6.45, 7) is 0.0370. The van der Waals surface area contributed by atoms with Crippen LogP contribution in [-0.2, 0) is 29.2 Å². The van der Waals surface area contributed by atoms with Gasteiger partial charge in [-0.05, 0) is 63.9 Å². The summed E-state index contributed by atoms with van der Waals surface area (Å²) in [5, 5.41) is 6.07. The first kappa shape index (κ1) is 40.5. The van der Waals surface area contributed by atoms with E-state index in [2.05, 4.69) is 21.4 Å². The first-order valence-corrected chi connectivity index (χ1v) is 22.7. The molecule has 3 aromatic rings. The van der Waals surface area contributed by atoms with Crippen LogP contribution in [0.25, 0.3) is 28.2 Å². The SMILES string of the molecule is COc1cc2nc(-c3ccccc3)cc3c2cc1/C=C/CCCCCC(=O)N[C@H]1CCCCC/C=C\[C@@H]2C[C@@]2(C(=O)NS(=O)(=O)C2CC2)NC(=O)[C@@H]2C[C@H](CN2C1=O)O3. The van der Waals surface area contributed by atoms with E-state index >= 15 is 0 Å². The van der Waals surface area contributed by atoms with Crippen molar-refractivity contribution in [3.05, 3.63) is 72.3 Å². The molecule has 14 heteroatoms. The molecule has 0 radical (unpaired) electrons. The zero-order valence-electron chi connectivity index (χ0n) is 33.5. The number of nitrogens with one attached hydrogen (secondary N) is 3. The van der Waals surface area contributed by atoms with Crippen LogP contribution in [0.15, 0.2) is 66.8 Å². The summed E-state index contributed by atoms with van der Waals surface area (Å²) in [7, 11) is -2.27. The van der Waals surface area contributed by atoms with Gasteiger partial charge in [0.15, 0.2) is 0 Å². The first-order valence-electron chi connectivity index (χ1n) is 21.1. The van der Waals surface area contributed by atoms with Crippen molar-refractivity contribution in [3.63, 3.8) is 0 Å². The third-order valence-electron chi connectivity index (χ3n) is 12.2. The Morgan fingerprint density at radius 2 is 1.75 bits per heavy atom. The number of hydrogen-bond acceptors (Lipinski definition) is 9. The van der Waals surface area contributed by atoms with Crippen LogP contribution >= 0.6 is 0 Å². The largest absolute Gasteiger partial charge is 0.496 e. The Balaban J connectivity index is 1.18. The zero-order chi connectivity index (χ0) is 41.1. The van der Waals surface area contributed by atoms with Crippen molar-refractivity contribution in [3.8, 4) is 22.8 Å². The average Bonchev–Trinajstić information content (AvgIpc) is 4.15. The van der Waals surface area contributed by atoms with Gasteiger partial charge in [0, 0.05) is 47.4 Å². The molecule has 4 heterocycles. The standard InChI is InChI=1S/C45H53N5O8S/c1-57-39-26-37-34-23-30(39)17-9-4-2-7-14-20-41(51)47-35-19-13-6-3-5-12-18-31-27-45(31,44(54)49-59(55,56)33-21-22-33)48-42(52)38-24-32(28-50(38)43(35)53)58-40(34)25-36(46-37)29-15-10-8-11-16-29/h8-12,15-18,23,25-26,31-33,35,38H,2-7,13-14,19-22,24,27-28H2,1H3,(H,47,51)(H,48,52)(H,49,54)/b17-9+,18-12-/t31-,32-,35+,38+,45-/m1/s1. The van der Waals surface area contributed by atoms with Gasteiger partial charge in [-0.3, -0.25) is 23.9 Å². The minimum atomic E-state index is -3.89. The molecular formula is C45H53N5O8S. The molecule has 1 aromatic heterocycles. The second-order valence-corrected chi connectivity index (χ2v) is 18.6. The maximum absolute atomic E-state index is 14.7. The fourth-order valence-corrected chi connectivity index (χ4v) is 9.99. The van der Waals surface area contributed by atoms with Gasteiger partial charge in [0.25, 0.3) is 5.91 Å². The molecule has 3 aliphatic heterocycles. The van der Waals surface area contributed by atoms with Crippen molar-refractivity contribution >= 4 is 50.6 Å². The second kappa shape index (κ2) is 17.2. The van der Waals surface area contributed by atoms with Crippen LogP contribution in [0.5, 0.6) is 11.5 Å². The summed E-state index contributed by atoms with van der Waals surface area (Å²) in [6.07, 6.45) is 15.5. The van der Waals surface area contributed by atoms with Gasteiger partial charge in [0.2, 0.25) is 27.7 Å². The number of rotatable bonds is 5. The van der Waals surface area contributed by atoms with E-state index < -0.39 is 62.6 Å². The number of fused-ring (bicyclic) bond motifs is 4. The highest BCUT2D eigenvalue weighted by molar-refractivity contribution is 7.91. The van der Waals surface area contributed by atoms with Crippen LogP contribution in [-0.4, -0.2) is 84.6 Å². The molecule has 0 unspecified atom stereocenters. The Hall–Kier alpha value is -5.24. The van der Waals surface area contributed by atoms with Crippen molar-refractivity contribution in [2.24, 2.45) is 5.92 Å². The van der Waals surface area contributed by atoms with Crippen LogP contribution in [0.2, 0.25) is 0 Å². The van der Waals surface area contributed by atoms with Crippen LogP contribution in [0.4, 0.5) is 0 Å². The summed E-state index contributed by atoms with van der Waals surface area (Å²) >= 11 is 0. The van der Waals surface area contributed by atoms with Crippen LogP contribution < -0.4 is 24.8 Å². The summed E-state index contributed by atoms with van der Waals surface area (Å²) in [5.74, 6) is -1.20. The number of nitrogens with zero attached hydrogens (tertiary/aromatic N) is 2. The van der Waals surface area contributed by atoms with Crippen molar-refractivity contribution in [1.82, 2.24) is 25.2 Å². The summed E-state index contributed by atoms with van der Waals surface area (Å²) in [5.41, 5.74) is 1.54. The second-order valence-electron chi connectivity index (χ2n) is 16.6. The molecule has 2 saturated carbocycles. The number of pyridine rings is 1. The summed E-state index contributed by atoms with van der Waals surface area (Å²) in [4.78, 5) is 63.1. The van der Waals surface area contributed by atoms with E-state index in [1.807, 2.05) is 66.8 Å². The molecule has 4 amide bonds. The van der Waals surface area contributed by atoms with Crippen LogP contribution in [0.3, 0.4) is 0 Å². The van der Waals surface area contributed by atoms with Gasteiger partial charge < -0.3 is 25.0 Å². The van der Waals surface area contributed by atoms with Gasteiger partial charge in [-0.25, -0.2) is 13.4 Å². The van der Waals surface area contributed by atoms with E-state index in [1.165, 1.54) is 4.90 Å². The molecule has 5 aliphatic rings. The fraction of sp³-hybridized carbons (Fsp3) is 0.489. The number of sulfonamides is 1. The van der Waals surface area contributed by atoms with Crippen molar-refractivity contribution < 1.29 is 37.1 Å². The van der Waals surface area contributed by atoms with Gasteiger partial charge >= 0.3 is 0 Å². The van der Waals surface area contributed by atoms with E-state index in [-0.39, 0.29) is 31.7 Å². The highest BCUT2D eigenvalue weighted by Crippen LogP contribution is 2.46. The molecule has 5 bridgehead atoms. The van der Waals surface area contributed by atoms with Crippen molar-refractivity contribution in [2.45, 2.75) is 119 Å². The number of allylic oxidation sites excluding steroid dienone is 2. The minimum Gasteiger partial charge on any atom is -0.496 e. The topological polar surface area (TPSA) is 173 Å². The normalized spacial score (nSPS) is 28.0. The number of carbonyl (C=O) groups excluding carboxylic acids is 4. The van der Waals surface area contributed by atoms with Crippen LogP contribution in [0, 0.1) is 5.92 Å². The molecule has 2 aromatic carbocycles. The van der Waals surface area contributed by atoms with Crippen molar-refractivity contribution in [1.29, 1.82) is 0 Å². The molecule has 312 valence electrons. The minimum absolute atomic E-state index is 0.0370. The number of carbonyl (C=O) groups is 4. The average molecular weight is 824 g/mol. The molecule has 8 rings (SSSR count). The predicted octanol–water partition coefficient (Wildman–Crippen LogP) is 5.72. The highest BCUT2D eigenvalue weighted by atomic mass is 32.2. The predicted molar refractivity (Wildman–Crippen MR) is 224 cm³/mol. The van der Waals surface area contributed by atoms with Gasteiger partial charge in [-0.2, -0.15) is 0 Å². The number of methoxy groups -OCH3 is 1. The number of hydrogen-bond donors (Lipinski definition) is 3. The Morgan fingerprint density at radius 3 is 2.53 bits per heavy atom. The molecule has 5 atom stereocenters. The zero-order valence-corrected chi connectivity index (χ0v) is 34.3.